The standard InChI is InChI=1S/C20H18F6O2/c1-2-14(18-6-4-3-5-15(18)10-27)12-28-11-13-7-16(19(21,22)23)9-17(8-13)20(24,25)26/h2-9,27H,10-12H2,1H3/b14-2-. The molecule has 0 aliphatic heterocycles. The zero-order chi connectivity index (χ0) is 20.9. The predicted molar refractivity (Wildman–Crippen MR) is 92.1 cm³/mol. The normalized spacial score (nSPS) is 13.1. The highest BCUT2D eigenvalue weighted by atomic mass is 19.4. The molecule has 2 rings (SSSR count). The lowest BCUT2D eigenvalue weighted by molar-refractivity contribution is -0.143. The first kappa shape index (κ1) is 22.0. The zero-order valence-corrected chi connectivity index (χ0v) is 14.9. The molecule has 2 nitrogen and oxygen atoms in total. The molecule has 0 aromatic heterocycles. The Bertz CT molecular complexity index is 805. The third-order valence-corrected chi connectivity index (χ3v) is 4.06. The molecule has 0 heterocycles. The van der Waals surface area contributed by atoms with E-state index in [9.17, 15) is 31.4 Å². The SMILES string of the molecule is C/C=C(/COCc1cc(C(F)(F)F)cc(C(F)(F)F)c1)c1ccccc1CO. The van der Waals surface area contributed by atoms with Gasteiger partial charge in [0.05, 0.1) is 30.9 Å². The van der Waals surface area contributed by atoms with Crippen LogP contribution in [0.15, 0.2) is 48.5 Å². The summed E-state index contributed by atoms with van der Waals surface area (Å²) in [4.78, 5) is 0. The summed E-state index contributed by atoms with van der Waals surface area (Å²) in [5.74, 6) is 0. The lowest BCUT2D eigenvalue weighted by atomic mass is 10.0. The highest BCUT2D eigenvalue weighted by Gasteiger charge is 2.36. The average molecular weight is 404 g/mol. The maximum Gasteiger partial charge on any atom is 0.416 e. The minimum atomic E-state index is -4.90. The maximum absolute atomic E-state index is 12.9. The van der Waals surface area contributed by atoms with E-state index >= 15 is 0 Å². The molecule has 0 fully saturated rings. The minimum absolute atomic E-state index is 0.0366. The molecule has 0 aliphatic carbocycles. The first-order valence-electron chi connectivity index (χ1n) is 8.26. The van der Waals surface area contributed by atoms with Gasteiger partial charge in [0.25, 0.3) is 0 Å². The fourth-order valence-electron chi connectivity index (χ4n) is 2.67. The molecule has 1 N–H and O–H groups in total. The summed E-state index contributed by atoms with van der Waals surface area (Å²) in [7, 11) is 0. The van der Waals surface area contributed by atoms with Crippen molar-refractivity contribution in [2.75, 3.05) is 6.61 Å². The van der Waals surface area contributed by atoms with Crippen molar-refractivity contribution in [3.05, 3.63) is 76.4 Å². The number of hydrogen-bond donors (Lipinski definition) is 1. The van der Waals surface area contributed by atoms with Gasteiger partial charge in [0.2, 0.25) is 0 Å². The molecule has 2 aromatic carbocycles. The van der Waals surface area contributed by atoms with Crippen LogP contribution in [0.1, 0.15) is 34.7 Å². The number of benzene rings is 2. The summed E-state index contributed by atoms with van der Waals surface area (Å²) in [5.41, 5.74) is -0.985. The third kappa shape index (κ3) is 5.59. The van der Waals surface area contributed by atoms with E-state index in [1.54, 1.807) is 37.3 Å². The van der Waals surface area contributed by atoms with E-state index in [1.165, 1.54) is 0 Å². The zero-order valence-electron chi connectivity index (χ0n) is 14.9. The topological polar surface area (TPSA) is 29.5 Å². The van der Waals surface area contributed by atoms with Gasteiger partial charge in [-0.3, -0.25) is 0 Å². The molecule has 0 spiro atoms. The smallest absolute Gasteiger partial charge is 0.392 e. The molecule has 8 heteroatoms. The van der Waals surface area contributed by atoms with Crippen molar-refractivity contribution in [1.29, 1.82) is 0 Å². The van der Waals surface area contributed by atoms with Crippen LogP contribution in [0, 0.1) is 0 Å². The quantitative estimate of drug-likeness (QED) is 0.614. The van der Waals surface area contributed by atoms with E-state index in [0.29, 0.717) is 28.8 Å². The van der Waals surface area contributed by atoms with Crippen LogP contribution < -0.4 is 0 Å². The van der Waals surface area contributed by atoms with Crippen LogP contribution in [-0.4, -0.2) is 11.7 Å². The highest BCUT2D eigenvalue weighted by Crippen LogP contribution is 2.36. The van der Waals surface area contributed by atoms with Crippen LogP contribution in [0.4, 0.5) is 26.3 Å². The van der Waals surface area contributed by atoms with Gasteiger partial charge in [0.1, 0.15) is 0 Å². The number of rotatable bonds is 6. The summed E-state index contributed by atoms with van der Waals surface area (Å²) in [5, 5.41) is 9.40. The van der Waals surface area contributed by atoms with Crippen molar-refractivity contribution in [1.82, 2.24) is 0 Å². The second kappa shape index (κ2) is 8.79. The molecular formula is C20H18F6O2. The molecule has 28 heavy (non-hydrogen) atoms. The molecule has 0 saturated carbocycles. The molecule has 0 amide bonds. The number of halogens is 6. The van der Waals surface area contributed by atoms with Gasteiger partial charge in [0.15, 0.2) is 0 Å². The fraction of sp³-hybridized carbons (Fsp3) is 0.300. The number of allylic oxidation sites excluding steroid dienone is 1. The van der Waals surface area contributed by atoms with Gasteiger partial charge >= 0.3 is 12.4 Å². The Kier molecular flexibility index (Phi) is 6.90. The van der Waals surface area contributed by atoms with Gasteiger partial charge in [-0.05, 0) is 47.4 Å². The van der Waals surface area contributed by atoms with Crippen LogP contribution >= 0.6 is 0 Å². The number of aliphatic hydroxyl groups is 1. The second-order valence-electron chi connectivity index (χ2n) is 6.04. The van der Waals surface area contributed by atoms with E-state index in [1.807, 2.05) is 0 Å². The Balaban J connectivity index is 2.19. The Morgan fingerprint density at radius 2 is 1.54 bits per heavy atom. The summed E-state index contributed by atoms with van der Waals surface area (Å²) < 4.78 is 82.8. The van der Waals surface area contributed by atoms with Crippen molar-refractivity contribution < 1.29 is 36.2 Å². The van der Waals surface area contributed by atoms with E-state index in [0.717, 1.165) is 0 Å². The van der Waals surface area contributed by atoms with Crippen LogP contribution in [0.25, 0.3) is 5.57 Å². The lowest BCUT2D eigenvalue weighted by Gasteiger charge is -2.15. The second-order valence-corrected chi connectivity index (χ2v) is 6.04. The van der Waals surface area contributed by atoms with E-state index in [2.05, 4.69) is 0 Å². The summed E-state index contributed by atoms with van der Waals surface area (Å²) >= 11 is 0. The van der Waals surface area contributed by atoms with Crippen LogP contribution in [0.5, 0.6) is 0 Å². The number of aliphatic hydroxyl groups excluding tert-OH is 1. The first-order valence-corrected chi connectivity index (χ1v) is 8.26. The Morgan fingerprint density at radius 1 is 0.964 bits per heavy atom. The van der Waals surface area contributed by atoms with Gasteiger partial charge in [-0.15, -0.1) is 0 Å². The van der Waals surface area contributed by atoms with Crippen LogP contribution in [0.3, 0.4) is 0 Å². The van der Waals surface area contributed by atoms with Crippen molar-refractivity contribution in [3.63, 3.8) is 0 Å². The molecule has 0 saturated heterocycles. The molecule has 0 bridgehead atoms. The third-order valence-electron chi connectivity index (χ3n) is 4.06. The van der Waals surface area contributed by atoms with E-state index in [-0.39, 0.29) is 24.8 Å². The van der Waals surface area contributed by atoms with Crippen LogP contribution in [-0.2, 0) is 30.3 Å². The number of hydrogen-bond acceptors (Lipinski definition) is 2. The average Bonchev–Trinajstić information content (AvgIpc) is 2.63. The van der Waals surface area contributed by atoms with Gasteiger partial charge < -0.3 is 9.84 Å². The van der Waals surface area contributed by atoms with Gasteiger partial charge in [-0.25, -0.2) is 0 Å². The van der Waals surface area contributed by atoms with Crippen LogP contribution in [0.2, 0.25) is 0 Å². The molecule has 0 aliphatic rings. The molecule has 2 aromatic rings. The van der Waals surface area contributed by atoms with E-state index in [4.69, 9.17) is 4.74 Å². The molecular weight excluding hydrogens is 386 g/mol. The van der Waals surface area contributed by atoms with Gasteiger partial charge in [0, 0.05) is 0 Å². The number of ether oxygens (including phenoxy) is 1. The molecule has 0 radical (unpaired) electrons. The van der Waals surface area contributed by atoms with Crippen molar-refractivity contribution in [2.45, 2.75) is 32.5 Å². The summed E-state index contributed by atoms with van der Waals surface area (Å²) in [6.45, 7) is 1.05. The Labute approximate surface area is 158 Å². The van der Waals surface area contributed by atoms with Crippen molar-refractivity contribution in [2.24, 2.45) is 0 Å². The Morgan fingerprint density at radius 3 is 2.04 bits per heavy atom. The summed E-state index contributed by atoms with van der Waals surface area (Å²) in [6.07, 6.45) is -8.09. The van der Waals surface area contributed by atoms with E-state index < -0.39 is 30.1 Å². The molecule has 0 atom stereocenters. The van der Waals surface area contributed by atoms with Gasteiger partial charge in [-0.1, -0.05) is 30.3 Å². The predicted octanol–water partition coefficient (Wildman–Crippen LogP) is 5.84. The Hall–Kier alpha value is -2.32. The minimum Gasteiger partial charge on any atom is -0.392 e. The molecule has 152 valence electrons. The fourth-order valence-corrected chi connectivity index (χ4v) is 2.67. The highest BCUT2D eigenvalue weighted by molar-refractivity contribution is 5.68. The lowest BCUT2D eigenvalue weighted by Crippen LogP contribution is -2.12. The number of alkyl halides is 6. The van der Waals surface area contributed by atoms with Crippen molar-refractivity contribution in [3.8, 4) is 0 Å². The van der Waals surface area contributed by atoms with Crippen molar-refractivity contribution >= 4 is 5.57 Å². The first-order chi connectivity index (χ1) is 13.1. The van der Waals surface area contributed by atoms with Gasteiger partial charge in [-0.2, -0.15) is 26.3 Å². The molecule has 0 unspecified atom stereocenters. The largest absolute Gasteiger partial charge is 0.416 e. The monoisotopic (exact) mass is 404 g/mol. The summed E-state index contributed by atoms with van der Waals surface area (Å²) in [6, 6.07) is 8.32. The maximum atomic E-state index is 12.9.